The monoisotopic (exact) mass is 257 g/mol. The minimum atomic E-state index is 0.579. The predicted molar refractivity (Wildman–Crippen MR) is 72.2 cm³/mol. The molecule has 0 fully saturated rings. The molecule has 2 aromatic carbocycles. The molecule has 0 aromatic heterocycles. The maximum Gasteiger partial charge on any atom is 0.128 e. The van der Waals surface area contributed by atoms with E-state index in [-0.39, 0.29) is 0 Å². The summed E-state index contributed by atoms with van der Waals surface area (Å²) in [6.07, 6.45) is 0. The van der Waals surface area contributed by atoms with E-state index in [2.05, 4.69) is 6.07 Å². The molecule has 0 N–H and O–H groups in total. The number of hydrogen-bond donors (Lipinski definition) is 0. The zero-order chi connectivity index (χ0) is 13.1. The summed E-state index contributed by atoms with van der Waals surface area (Å²) in [6.45, 7) is 3.88. The molecule has 0 aliphatic heterocycles. The van der Waals surface area contributed by atoms with Crippen molar-refractivity contribution in [3.8, 4) is 17.6 Å². The summed E-state index contributed by atoms with van der Waals surface area (Å²) in [5.74, 6) is 1.37. The van der Waals surface area contributed by atoms with E-state index in [1.165, 1.54) is 0 Å². The van der Waals surface area contributed by atoms with Crippen LogP contribution in [0.3, 0.4) is 0 Å². The predicted octanol–water partition coefficient (Wildman–Crippen LogP) is 4.62. The largest absolute Gasteiger partial charge is 0.457 e. The van der Waals surface area contributed by atoms with Gasteiger partial charge in [-0.1, -0.05) is 17.7 Å². The Morgan fingerprint density at radius 1 is 1.06 bits per heavy atom. The Kier molecular flexibility index (Phi) is 3.55. The molecule has 0 radical (unpaired) electrons. The Hall–Kier alpha value is -1.98. The number of halogens is 1. The van der Waals surface area contributed by atoms with Crippen molar-refractivity contribution in [3.63, 3.8) is 0 Å². The molecule has 0 heterocycles. The summed E-state index contributed by atoms with van der Waals surface area (Å²) < 4.78 is 5.73. The first-order valence-electron chi connectivity index (χ1n) is 5.55. The zero-order valence-corrected chi connectivity index (χ0v) is 11.0. The molecule has 2 rings (SSSR count). The van der Waals surface area contributed by atoms with Crippen molar-refractivity contribution >= 4 is 11.6 Å². The molecule has 0 bridgehead atoms. The van der Waals surface area contributed by atoms with Crippen molar-refractivity contribution in [2.75, 3.05) is 0 Å². The van der Waals surface area contributed by atoms with Crippen LogP contribution in [-0.2, 0) is 0 Å². The first-order chi connectivity index (χ1) is 8.60. The number of ether oxygens (including phenoxy) is 1. The highest BCUT2D eigenvalue weighted by molar-refractivity contribution is 6.32. The van der Waals surface area contributed by atoms with Crippen LogP contribution in [-0.4, -0.2) is 0 Å². The molecule has 0 atom stereocenters. The van der Waals surface area contributed by atoms with Crippen molar-refractivity contribution in [1.29, 1.82) is 5.26 Å². The molecule has 2 nitrogen and oxygen atoms in total. The molecular weight excluding hydrogens is 246 g/mol. The average Bonchev–Trinajstić information content (AvgIpc) is 2.36. The number of hydrogen-bond acceptors (Lipinski definition) is 2. The Labute approximate surface area is 111 Å². The molecule has 0 aliphatic carbocycles. The third kappa shape index (κ3) is 2.64. The molecule has 0 saturated heterocycles. The van der Waals surface area contributed by atoms with Crippen molar-refractivity contribution in [3.05, 3.63) is 58.1 Å². The van der Waals surface area contributed by atoms with E-state index in [1.807, 2.05) is 32.0 Å². The van der Waals surface area contributed by atoms with Gasteiger partial charge in [-0.3, -0.25) is 0 Å². The molecule has 0 unspecified atom stereocenters. The van der Waals surface area contributed by atoms with Crippen LogP contribution in [0.5, 0.6) is 11.5 Å². The van der Waals surface area contributed by atoms with Gasteiger partial charge in [0.25, 0.3) is 0 Å². The Morgan fingerprint density at radius 2 is 1.72 bits per heavy atom. The topological polar surface area (TPSA) is 33.0 Å². The Bertz CT molecular complexity index is 606. The molecule has 2 aromatic rings. The molecule has 0 spiro atoms. The fourth-order valence-corrected chi connectivity index (χ4v) is 1.84. The SMILES string of the molecule is Cc1cc(Oc2cccc(C#N)c2)cc(C)c1Cl. The van der Waals surface area contributed by atoms with E-state index >= 15 is 0 Å². The van der Waals surface area contributed by atoms with Crippen molar-refractivity contribution < 1.29 is 4.74 Å². The first-order valence-corrected chi connectivity index (χ1v) is 5.92. The average molecular weight is 258 g/mol. The minimum Gasteiger partial charge on any atom is -0.457 e. The van der Waals surface area contributed by atoms with Gasteiger partial charge in [0.2, 0.25) is 0 Å². The van der Waals surface area contributed by atoms with Gasteiger partial charge in [-0.05, 0) is 55.3 Å². The highest BCUT2D eigenvalue weighted by Crippen LogP contribution is 2.29. The van der Waals surface area contributed by atoms with E-state index in [0.717, 1.165) is 21.9 Å². The highest BCUT2D eigenvalue weighted by atomic mass is 35.5. The molecule has 3 heteroatoms. The van der Waals surface area contributed by atoms with E-state index in [1.54, 1.807) is 18.2 Å². The van der Waals surface area contributed by atoms with Gasteiger partial charge in [0.15, 0.2) is 0 Å². The number of nitriles is 1. The number of aryl methyl sites for hydroxylation is 2. The summed E-state index contributed by atoms with van der Waals surface area (Å²) in [7, 11) is 0. The van der Waals surface area contributed by atoms with Gasteiger partial charge in [0.05, 0.1) is 11.6 Å². The fourth-order valence-electron chi connectivity index (χ4n) is 1.73. The van der Waals surface area contributed by atoms with Crippen LogP contribution in [0.25, 0.3) is 0 Å². The van der Waals surface area contributed by atoms with Crippen LogP contribution in [0.2, 0.25) is 5.02 Å². The van der Waals surface area contributed by atoms with Gasteiger partial charge >= 0.3 is 0 Å². The van der Waals surface area contributed by atoms with Gasteiger partial charge in [0, 0.05) is 5.02 Å². The van der Waals surface area contributed by atoms with E-state index in [9.17, 15) is 0 Å². The fraction of sp³-hybridized carbons (Fsp3) is 0.133. The van der Waals surface area contributed by atoms with Crippen LogP contribution in [0.15, 0.2) is 36.4 Å². The lowest BCUT2D eigenvalue weighted by molar-refractivity contribution is 0.481. The maximum absolute atomic E-state index is 8.83. The smallest absolute Gasteiger partial charge is 0.128 e. The lowest BCUT2D eigenvalue weighted by atomic mass is 10.1. The normalized spacial score (nSPS) is 9.89. The van der Waals surface area contributed by atoms with Crippen LogP contribution in [0.1, 0.15) is 16.7 Å². The van der Waals surface area contributed by atoms with E-state index in [0.29, 0.717) is 11.3 Å². The van der Waals surface area contributed by atoms with E-state index in [4.69, 9.17) is 21.6 Å². The quantitative estimate of drug-likeness (QED) is 0.786. The second-order valence-electron chi connectivity index (χ2n) is 4.11. The molecule has 0 amide bonds. The van der Waals surface area contributed by atoms with Crippen LogP contribution in [0.4, 0.5) is 0 Å². The van der Waals surface area contributed by atoms with Crippen molar-refractivity contribution in [1.82, 2.24) is 0 Å². The number of rotatable bonds is 2. The van der Waals surface area contributed by atoms with Crippen LogP contribution in [0, 0.1) is 25.2 Å². The van der Waals surface area contributed by atoms with Crippen LogP contribution < -0.4 is 4.74 Å². The van der Waals surface area contributed by atoms with Gasteiger partial charge in [-0.15, -0.1) is 0 Å². The molecule has 0 aliphatic rings. The number of nitrogens with zero attached hydrogens (tertiary/aromatic N) is 1. The molecule has 0 saturated carbocycles. The van der Waals surface area contributed by atoms with Gasteiger partial charge < -0.3 is 4.74 Å². The molecule has 18 heavy (non-hydrogen) atoms. The summed E-state index contributed by atoms with van der Waals surface area (Å²) in [5, 5.41) is 9.59. The second-order valence-corrected chi connectivity index (χ2v) is 4.49. The third-order valence-electron chi connectivity index (χ3n) is 2.61. The lowest BCUT2D eigenvalue weighted by Gasteiger charge is -2.09. The summed E-state index contributed by atoms with van der Waals surface area (Å²) in [5.41, 5.74) is 2.53. The van der Waals surface area contributed by atoms with Crippen molar-refractivity contribution in [2.24, 2.45) is 0 Å². The van der Waals surface area contributed by atoms with E-state index < -0.39 is 0 Å². The van der Waals surface area contributed by atoms with Crippen LogP contribution >= 0.6 is 11.6 Å². The Morgan fingerprint density at radius 3 is 2.33 bits per heavy atom. The van der Waals surface area contributed by atoms with Crippen molar-refractivity contribution in [2.45, 2.75) is 13.8 Å². The first kappa shape index (κ1) is 12.5. The summed E-state index contributed by atoms with van der Waals surface area (Å²) in [4.78, 5) is 0. The minimum absolute atomic E-state index is 0.579. The second kappa shape index (κ2) is 5.12. The highest BCUT2D eigenvalue weighted by Gasteiger charge is 2.05. The lowest BCUT2D eigenvalue weighted by Crippen LogP contribution is -1.88. The summed E-state index contributed by atoms with van der Waals surface area (Å²) >= 11 is 6.10. The van der Waals surface area contributed by atoms with Gasteiger partial charge in [-0.2, -0.15) is 5.26 Å². The van der Waals surface area contributed by atoms with Gasteiger partial charge in [0.1, 0.15) is 11.5 Å². The third-order valence-corrected chi connectivity index (χ3v) is 3.20. The van der Waals surface area contributed by atoms with Gasteiger partial charge in [-0.25, -0.2) is 0 Å². The standard InChI is InChI=1S/C15H12ClNO/c1-10-6-14(7-11(2)15(10)16)18-13-5-3-4-12(8-13)9-17/h3-8H,1-2H3. The Balaban J connectivity index is 2.32. The zero-order valence-electron chi connectivity index (χ0n) is 10.2. The summed E-state index contributed by atoms with van der Waals surface area (Å²) in [6, 6.07) is 12.9. The molecular formula is C15H12ClNO. The number of benzene rings is 2. The molecule has 90 valence electrons. The maximum atomic E-state index is 8.83.